The number of aromatic hydroxyl groups is 1. The number of aryl methyl sites for hydroxylation is 1. The van der Waals surface area contributed by atoms with Crippen molar-refractivity contribution < 1.29 is 27.9 Å². The van der Waals surface area contributed by atoms with Gasteiger partial charge < -0.3 is 14.5 Å². The van der Waals surface area contributed by atoms with Crippen molar-refractivity contribution >= 4 is 44.1 Å². The standard InChI is InChI=1S/C23H20N2O7S/c1-13(26)7-10-19(27)21-22(29)16-12-15(8-9-18(16)24(2)23(21)30)33(31,32)25-17-6-4-3-5-14(17)11-20(25)28/h3-6,8-9,12,29H,7,10-11H2,1-2H3. The van der Waals surface area contributed by atoms with Crippen LogP contribution in [0.1, 0.15) is 35.7 Å². The van der Waals surface area contributed by atoms with Crippen LogP contribution in [0, 0.1) is 0 Å². The summed E-state index contributed by atoms with van der Waals surface area (Å²) in [6.45, 7) is 1.31. The zero-order valence-electron chi connectivity index (χ0n) is 17.9. The normalized spacial score (nSPS) is 13.4. The molecule has 0 bridgehead atoms. The number of rotatable bonds is 6. The van der Waals surface area contributed by atoms with Gasteiger partial charge >= 0.3 is 0 Å². The summed E-state index contributed by atoms with van der Waals surface area (Å²) in [4.78, 5) is 48.7. The minimum atomic E-state index is -4.33. The summed E-state index contributed by atoms with van der Waals surface area (Å²) < 4.78 is 28.6. The van der Waals surface area contributed by atoms with Crippen molar-refractivity contribution in [3.63, 3.8) is 0 Å². The second-order valence-corrected chi connectivity index (χ2v) is 9.65. The van der Waals surface area contributed by atoms with E-state index in [1.54, 1.807) is 18.2 Å². The van der Waals surface area contributed by atoms with Crippen LogP contribution in [0.3, 0.4) is 0 Å². The first kappa shape index (κ1) is 22.4. The number of benzene rings is 2. The Labute approximate surface area is 188 Å². The summed E-state index contributed by atoms with van der Waals surface area (Å²) in [6.07, 6.45) is -0.414. The number of pyridine rings is 1. The van der Waals surface area contributed by atoms with Crippen LogP contribution in [0.15, 0.2) is 52.2 Å². The molecule has 0 unspecified atom stereocenters. The molecule has 0 aliphatic carbocycles. The third-order valence-electron chi connectivity index (χ3n) is 5.64. The number of Topliss-reactive ketones (excluding diaryl/α,β-unsaturated/α-hetero) is 2. The molecule has 170 valence electrons. The van der Waals surface area contributed by atoms with Crippen LogP contribution in [0.25, 0.3) is 10.9 Å². The van der Waals surface area contributed by atoms with Gasteiger partial charge in [0.2, 0.25) is 5.91 Å². The molecule has 2 heterocycles. The summed E-state index contributed by atoms with van der Waals surface area (Å²) in [5.74, 6) is -2.24. The highest BCUT2D eigenvalue weighted by Crippen LogP contribution is 2.35. The summed E-state index contributed by atoms with van der Waals surface area (Å²) >= 11 is 0. The van der Waals surface area contributed by atoms with E-state index in [9.17, 15) is 32.7 Å². The zero-order chi connectivity index (χ0) is 24.1. The lowest BCUT2D eigenvalue weighted by atomic mass is 10.0. The molecule has 9 nitrogen and oxygen atoms in total. The first-order valence-electron chi connectivity index (χ1n) is 10.1. The number of aromatic nitrogens is 1. The van der Waals surface area contributed by atoms with Gasteiger partial charge in [0.15, 0.2) is 5.78 Å². The molecule has 1 aromatic heterocycles. The summed E-state index contributed by atoms with van der Waals surface area (Å²) in [5, 5.41) is 10.7. The number of para-hydroxylation sites is 1. The number of carbonyl (C=O) groups excluding carboxylic acids is 3. The predicted molar refractivity (Wildman–Crippen MR) is 120 cm³/mol. The highest BCUT2D eigenvalue weighted by Gasteiger charge is 2.37. The lowest BCUT2D eigenvalue weighted by Gasteiger charge is -2.19. The highest BCUT2D eigenvalue weighted by atomic mass is 32.2. The van der Waals surface area contributed by atoms with Crippen molar-refractivity contribution in [2.24, 2.45) is 7.05 Å². The van der Waals surface area contributed by atoms with Gasteiger partial charge in [0, 0.05) is 25.3 Å². The largest absolute Gasteiger partial charge is 0.506 e. The maximum atomic E-state index is 13.4. The average molecular weight is 468 g/mol. The van der Waals surface area contributed by atoms with Crippen LogP contribution < -0.4 is 9.86 Å². The van der Waals surface area contributed by atoms with Gasteiger partial charge in [0.1, 0.15) is 17.1 Å². The van der Waals surface area contributed by atoms with Crippen LogP contribution in [-0.2, 0) is 33.1 Å². The number of ketones is 2. The second-order valence-electron chi connectivity index (χ2n) is 7.86. The van der Waals surface area contributed by atoms with Crippen molar-refractivity contribution in [2.45, 2.75) is 31.1 Å². The van der Waals surface area contributed by atoms with Crippen LogP contribution in [0.5, 0.6) is 5.75 Å². The molecule has 4 rings (SSSR count). The molecular formula is C23H20N2O7S. The van der Waals surface area contributed by atoms with E-state index in [0.29, 0.717) is 5.56 Å². The number of hydrogen-bond acceptors (Lipinski definition) is 7. The molecule has 0 radical (unpaired) electrons. The van der Waals surface area contributed by atoms with E-state index >= 15 is 0 Å². The van der Waals surface area contributed by atoms with Gasteiger partial charge in [-0.15, -0.1) is 0 Å². The van der Waals surface area contributed by atoms with Crippen molar-refractivity contribution in [3.8, 4) is 5.75 Å². The SMILES string of the molecule is CC(=O)CCC(=O)c1c(O)c2cc(S(=O)(=O)N3C(=O)Cc4ccccc43)ccc2n(C)c1=O. The molecule has 0 fully saturated rings. The molecule has 0 saturated heterocycles. The van der Waals surface area contributed by atoms with Gasteiger partial charge in [-0.25, -0.2) is 12.7 Å². The zero-order valence-corrected chi connectivity index (χ0v) is 18.7. The van der Waals surface area contributed by atoms with E-state index in [1.807, 2.05) is 0 Å². The van der Waals surface area contributed by atoms with Crippen molar-refractivity contribution in [2.75, 3.05) is 4.31 Å². The fourth-order valence-corrected chi connectivity index (χ4v) is 5.42. The average Bonchev–Trinajstić information content (AvgIpc) is 3.12. The molecule has 1 N–H and O–H groups in total. The van der Waals surface area contributed by atoms with Gasteiger partial charge in [-0.05, 0) is 36.8 Å². The Hall–Kier alpha value is -3.79. The molecular weight excluding hydrogens is 448 g/mol. The third-order valence-corrected chi connectivity index (χ3v) is 7.37. The maximum absolute atomic E-state index is 13.4. The predicted octanol–water partition coefficient (Wildman–Crippen LogP) is 2.07. The molecule has 1 aliphatic rings. The van der Waals surface area contributed by atoms with Crippen LogP contribution in [-0.4, -0.2) is 35.6 Å². The number of amides is 1. The van der Waals surface area contributed by atoms with Gasteiger partial charge in [-0.1, -0.05) is 18.2 Å². The van der Waals surface area contributed by atoms with Crippen molar-refractivity contribution in [1.82, 2.24) is 4.57 Å². The smallest absolute Gasteiger partial charge is 0.270 e. The van der Waals surface area contributed by atoms with E-state index in [4.69, 9.17) is 0 Å². The Morgan fingerprint density at radius 1 is 1.06 bits per heavy atom. The molecule has 1 aliphatic heterocycles. The van der Waals surface area contributed by atoms with Gasteiger partial charge in [-0.2, -0.15) is 0 Å². The Bertz CT molecular complexity index is 1520. The van der Waals surface area contributed by atoms with Gasteiger partial charge in [-0.3, -0.25) is 14.4 Å². The molecule has 0 spiro atoms. The molecule has 3 aromatic rings. The van der Waals surface area contributed by atoms with Crippen LogP contribution in [0.4, 0.5) is 5.69 Å². The van der Waals surface area contributed by atoms with Gasteiger partial charge in [0.05, 0.1) is 22.5 Å². The van der Waals surface area contributed by atoms with Crippen molar-refractivity contribution in [3.05, 3.63) is 63.9 Å². The number of fused-ring (bicyclic) bond motifs is 2. The second kappa shape index (κ2) is 7.96. The Kier molecular flexibility index (Phi) is 5.41. The molecule has 10 heteroatoms. The number of sulfonamides is 1. The fraction of sp³-hybridized carbons (Fsp3) is 0.217. The van der Waals surface area contributed by atoms with E-state index < -0.39 is 38.6 Å². The minimum Gasteiger partial charge on any atom is -0.506 e. The monoisotopic (exact) mass is 468 g/mol. The van der Waals surface area contributed by atoms with E-state index in [2.05, 4.69) is 0 Å². The quantitative estimate of drug-likeness (QED) is 0.548. The summed E-state index contributed by atoms with van der Waals surface area (Å²) in [7, 11) is -2.94. The van der Waals surface area contributed by atoms with Crippen molar-refractivity contribution in [1.29, 1.82) is 0 Å². The van der Waals surface area contributed by atoms with Crippen LogP contribution >= 0.6 is 0 Å². The first-order chi connectivity index (χ1) is 15.5. The summed E-state index contributed by atoms with van der Waals surface area (Å²) in [5.41, 5.74) is -0.230. The number of nitrogens with zero attached hydrogens (tertiary/aromatic N) is 2. The van der Waals surface area contributed by atoms with Gasteiger partial charge in [0.25, 0.3) is 15.6 Å². The molecule has 0 saturated carbocycles. The molecule has 2 aromatic carbocycles. The Morgan fingerprint density at radius 3 is 2.45 bits per heavy atom. The van der Waals surface area contributed by atoms with E-state index in [1.165, 1.54) is 32.2 Å². The minimum absolute atomic E-state index is 0.0377. The summed E-state index contributed by atoms with van der Waals surface area (Å²) in [6, 6.07) is 10.2. The first-order valence-corrected chi connectivity index (χ1v) is 11.5. The topological polar surface area (TPSA) is 131 Å². The highest BCUT2D eigenvalue weighted by molar-refractivity contribution is 7.93. The lowest BCUT2D eigenvalue weighted by Crippen LogP contribution is -2.33. The van der Waals surface area contributed by atoms with E-state index in [-0.39, 0.29) is 46.5 Å². The fourth-order valence-electron chi connectivity index (χ4n) is 3.93. The Balaban J connectivity index is 1.88. The number of anilines is 1. The third kappa shape index (κ3) is 3.62. The molecule has 1 amide bonds. The number of hydrogen-bond donors (Lipinski definition) is 1. The molecule has 33 heavy (non-hydrogen) atoms. The number of carbonyl (C=O) groups is 3. The van der Waals surface area contributed by atoms with E-state index in [0.717, 1.165) is 14.9 Å². The maximum Gasteiger partial charge on any atom is 0.270 e. The Morgan fingerprint density at radius 2 is 1.76 bits per heavy atom. The lowest BCUT2D eigenvalue weighted by molar-refractivity contribution is -0.117. The van der Waals surface area contributed by atoms with Crippen LogP contribution in [0.2, 0.25) is 0 Å². The molecule has 0 atom stereocenters.